The number of benzene rings is 2. The van der Waals surface area contributed by atoms with Crippen LogP contribution in [0.3, 0.4) is 0 Å². The van der Waals surface area contributed by atoms with Crippen LogP contribution >= 0.6 is 12.4 Å². The number of nitrogens with one attached hydrogen (secondary N) is 1. The topological polar surface area (TPSA) is 50.8 Å². The molecule has 2 aromatic rings. The highest BCUT2D eigenvalue weighted by Gasteiger charge is 2.29. The van der Waals surface area contributed by atoms with Crippen LogP contribution in [-0.2, 0) is 4.79 Å². The second-order valence-electron chi connectivity index (χ2n) is 6.82. The van der Waals surface area contributed by atoms with Crippen LogP contribution in [-0.4, -0.2) is 44.2 Å². The second kappa shape index (κ2) is 10.9. The minimum Gasteiger partial charge on any atom is -0.496 e. The molecular formula is C22H29ClN2O3. The van der Waals surface area contributed by atoms with Crippen molar-refractivity contribution in [2.45, 2.75) is 25.8 Å². The van der Waals surface area contributed by atoms with E-state index in [9.17, 15) is 4.79 Å². The number of carbonyl (C=O) groups is 1. The summed E-state index contributed by atoms with van der Waals surface area (Å²) in [7, 11) is 1.67. The SMILES string of the molecule is COc1ccccc1C1CNCCN1C(=O)CCCOc1cccc(C)c1.Cl. The van der Waals surface area contributed by atoms with Gasteiger partial charge in [0.25, 0.3) is 0 Å². The van der Waals surface area contributed by atoms with Crippen molar-refractivity contribution in [3.8, 4) is 11.5 Å². The predicted octanol–water partition coefficient (Wildman–Crippen LogP) is 3.76. The van der Waals surface area contributed by atoms with Gasteiger partial charge in [0, 0.05) is 31.6 Å². The molecule has 0 radical (unpaired) electrons. The molecule has 1 heterocycles. The Kier molecular flexibility index (Phi) is 8.61. The van der Waals surface area contributed by atoms with Crippen LogP contribution in [0.25, 0.3) is 0 Å². The summed E-state index contributed by atoms with van der Waals surface area (Å²) in [5.74, 6) is 1.85. The van der Waals surface area contributed by atoms with Gasteiger partial charge in [-0.2, -0.15) is 0 Å². The Morgan fingerprint density at radius 1 is 1.21 bits per heavy atom. The van der Waals surface area contributed by atoms with Crippen molar-refractivity contribution >= 4 is 18.3 Å². The number of methoxy groups -OCH3 is 1. The molecule has 0 saturated carbocycles. The Labute approximate surface area is 173 Å². The van der Waals surface area contributed by atoms with Crippen molar-refractivity contribution in [1.82, 2.24) is 10.2 Å². The standard InChI is InChI=1S/C22H28N2O3.ClH/c1-17-7-5-8-18(15-17)27-14-6-11-22(25)24-13-12-23-16-20(24)19-9-3-4-10-21(19)26-2;/h3-5,7-10,15,20,23H,6,11-14,16H2,1-2H3;1H. The van der Waals surface area contributed by atoms with Crippen LogP contribution < -0.4 is 14.8 Å². The third-order valence-corrected chi connectivity index (χ3v) is 4.85. The predicted molar refractivity (Wildman–Crippen MR) is 113 cm³/mol. The van der Waals surface area contributed by atoms with Gasteiger partial charge in [0.1, 0.15) is 11.5 Å². The third-order valence-electron chi connectivity index (χ3n) is 4.85. The Morgan fingerprint density at radius 3 is 2.82 bits per heavy atom. The molecule has 0 aromatic heterocycles. The molecule has 1 amide bonds. The van der Waals surface area contributed by atoms with E-state index in [1.165, 1.54) is 5.56 Å². The minimum atomic E-state index is 0. The summed E-state index contributed by atoms with van der Waals surface area (Å²) in [4.78, 5) is 14.8. The van der Waals surface area contributed by atoms with E-state index in [0.717, 1.165) is 30.2 Å². The lowest BCUT2D eigenvalue weighted by Crippen LogP contribution is -2.48. The fraction of sp³-hybridized carbons (Fsp3) is 0.409. The van der Waals surface area contributed by atoms with Crippen LogP contribution in [0.1, 0.15) is 30.0 Å². The van der Waals surface area contributed by atoms with E-state index in [1.807, 2.05) is 60.4 Å². The molecule has 1 aliphatic heterocycles. The lowest BCUT2D eigenvalue weighted by Gasteiger charge is -2.37. The number of para-hydroxylation sites is 1. The van der Waals surface area contributed by atoms with Gasteiger partial charge in [-0.05, 0) is 37.1 Å². The van der Waals surface area contributed by atoms with Gasteiger partial charge < -0.3 is 19.7 Å². The van der Waals surface area contributed by atoms with E-state index in [2.05, 4.69) is 5.32 Å². The Balaban J connectivity index is 0.00000280. The summed E-state index contributed by atoms with van der Waals surface area (Å²) in [5, 5.41) is 3.39. The molecule has 1 unspecified atom stereocenters. The summed E-state index contributed by atoms with van der Waals surface area (Å²) in [6, 6.07) is 15.9. The lowest BCUT2D eigenvalue weighted by atomic mass is 10.0. The molecule has 0 spiro atoms. The smallest absolute Gasteiger partial charge is 0.223 e. The van der Waals surface area contributed by atoms with E-state index >= 15 is 0 Å². The Hall–Kier alpha value is -2.24. The molecule has 0 bridgehead atoms. The summed E-state index contributed by atoms with van der Waals surface area (Å²) in [6.45, 7) is 4.85. The summed E-state index contributed by atoms with van der Waals surface area (Å²) in [5.41, 5.74) is 2.22. The van der Waals surface area contributed by atoms with Crippen molar-refractivity contribution < 1.29 is 14.3 Å². The van der Waals surface area contributed by atoms with Gasteiger partial charge in [-0.3, -0.25) is 4.79 Å². The third kappa shape index (κ3) is 5.63. The summed E-state index contributed by atoms with van der Waals surface area (Å²) in [6.07, 6.45) is 1.19. The maximum absolute atomic E-state index is 12.8. The number of halogens is 1. The molecule has 1 N–H and O–H groups in total. The Bertz CT molecular complexity index is 769. The van der Waals surface area contributed by atoms with Crippen LogP contribution in [0.4, 0.5) is 0 Å². The number of nitrogens with zero attached hydrogens (tertiary/aromatic N) is 1. The van der Waals surface area contributed by atoms with Gasteiger partial charge in [0.15, 0.2) is 0 Å². The first-order valence-corrected chi connectivity index (χ1v) is 9.51. The zero-order chi connectivity index (χ0) is 19.1. The monoisotopic (exact) mass is 404 g/mol. The number of hydrogen-bond donors (Lipinski definition) is 1. The zero-order valence-electron chi connectivity index (χ0n) is 16.5. The quantitative estimate of drug-likeness (QED) is 0.714. The number of amides is 1. The molecule has 1 saturated heterocycles. The molecule has 5 nitrogen and oxygen atoms in total. The van der Waals surface area contributed by atoms with Crippen LogP contribution in [0.15, 0.2) is 48.5 Å². The van der Waals surface area contributed by atoms with Gasteiger partial charge in [-0.1, -0.05) is 30.3 Å². The highest BCUT2D eigenvalue weighted by molar-refractivity contribution is 5.85. The fourth-order valence-electron chi connectivity index (χ4n) is 3.48. The number of hydrogen-bond acceptors (Lipinski definition) is 4. The fourth-order valence-corrected chi connectivity index (χ4v) is 3.48. The van der Waals surface area contributed by atoms with E-state index in [4.69, 9.17) is 9.47 Å². The van der Waals surface area contributed by atoms with Crippen LogP contribution in [0.2, 0.25) is 0 Å². The molecule has 3 rings (SSSR count). The molecular weight excluding hydrogens is 376 g/mol. The Morgan fingerprint density at radius 2 is 2.04 bits per heavy atom. The number of carbonyl (C=O) groups excluding carboxylic acids is 1. The molecule has 28 heavy (non-hydrogen) atoms. The van der Waals surface area contributed by atoms with Gasteiger partial charge in [-0.25, -0.2) is 0 Å². The van der Waals surface area contributed by atoms with E-state index in [1.54, 1.807) is 7.11 Å². The van der Waals surface area contributed by atoms with E-state index < -0.39 is 0 Å². The van der Waals surface area contributed by atoms with Gasteiger partial charge in [0.2, 0.25) is 5.91 Å². The van der Waals surface area contributed by atoms with Gasteiger partial charge >= 0.3 is 0 Å². The largest absolute Gasteiger partial charge is 0.496 e. The van der Waals surface area contributed by atoms with Gasteiger partial charge in [0.05, 0.1) is 19.8 Å². The number of ether oxygens (including phenoxy) is 2. The number of piperazine rings is 1. The van der Waals surface area contributed by atoms with Crippen LogP contribution in [0.5, 0.6) is 11.5 Å². The van der Waals surface area contributed by atoms with E-state index in [0.29, 0.717) is 26.0 Å². The molecule has 1 aliphatic rings. The molecule has 1 fully saturated rings. The lowest BCUT2D eigenvalue weighted by molar-refractivity contribution is -0.134. The molecule has 6 heteroatoms. The van der Waals surface area contributed by atoms with E-state index in [-0.39, 0.29) is 24.4 Å². The van der Waals surface area contributed by atoms with Crippen molar-refractivity contribution in [3.05, 3.63) is 59.7 Å². The molecule has 152 valence electrons. The molecule has 1 atom stereocenters. The summed E-state index contributed by atoms with van der Waals surface area (Å²) < 4.78 is 11.3. The van der Waals surface area contributed by atoms with Crippen molar-refractivity contribution in [2.24, 2.45) is 0 Å². The maximum atomic E-state index is 12.8. The van der Waals surface area contributed by atoms with Crippen LogP contribution in [0, 0.1) is 6.92 Å². The average molecular weight is 405 g/mol. The normalized spacial score (nSPS) is 16.2. The minimum absolute atomic E-state index is 0. The average Bonchev–Trinajstić information content (AvgIpc) is 2.71. The van der Waals surface area contributed by atoms with Crippen molar-refractivity contribution in [3.63, 3.8) is 0 Å². The first-order chi connectivity index (χ1) is 13.2. The molecule has 2 aromatic carbocycles. The maximum Gasteiger partial charge on any atom is 0.223 e. The highest BCUT2D eigenvalue weighted by atomic mass is 35.5. The second-order valence-corrected chi connectivity index (χ2v) is 6.82. The first kappa shape index (κ1) is 22.1. The number of aryl methyl sites for hydroxylation is 1. The van der Waals surface area contributed by atoms with Gasteiger partial charge in [-0.15, -0.1) is 12.4 Å². The highest BCUT2D eigenvalue weighted by Crippen LogP contribution is 2.30. The zero-order valence-corrected chi connectivity index (χ0v) is 17.3. The first-order valence-electron chi connectivity index (χ1n) is 9.51. The van der Waals surface area contributed by atoms with Crippen molar-refractivity contribution in [2.75, 3.05) is 33.4 Å². The number of rotatable bonds is 7. The molecule has 0 aliphatic carbocycles. The van der Waals surface area contributed by atoms with Crippen molar-refractivity contribution in [1.29, 1.82) is 0 Å². The summed E-state index contributed by atoms with van der Waals surface area (Å²) >= 11 is 0.